The van der Waals surface area contributed by atoms with Crippen molar-refractivity contribution < 1.29 is 31.8 Å². The number of aromatic carboxylic acids is 1. The predicted molar refractivity (Wildman–Crippen MR) is 139 cm³/mol. The van der Waals surface area contributed by atoms with Crippen LogP contribution >= 0.6 is 11.3 Å². The van der Waals surface area contributed by atoms with Crippen LogP contribution in [0.2, 0.25) is 0 Å². The van der Waals surface area contributed by atoms with E-state index in [9.17, 15) is 17.6 Å². The zero-order chi connectivity index (χ0) is 27.1. The second kappa shape index (κ2) is 9.86. The van der Waals surface area contributed by atoms with Gasteiger partial charge in [0.2, 0.25) is 0 Å². The van der Waals surface area contributed by atoms with Gasteiger partial charge in [-0.3, -0.25) is 4.72 Å². The second-order valence-corrected chi connectivity index (χ2v) is 12.1. The molecule has 2 N–H and O–H groups in total. The quantitative estimate of drug-likeness (QED) is 0.349. The zero-order valence-electron chi connectivity index (χ0n) is 20.7. The van der Waals surface area contributed by atoms with Gasteiger partial charge in [-0.15, -0.1) is 11.3 Å². The number of allylic oxidation sites excluding steroid dienone is 2. The highest BCUT2D eigenvalue weighted by molar-refractivity contribution is 7.92. The maximum Gasteiger partial charge on any atom is 0.338 e. The molecule has 0 radical (unpaired) electrons. The number of thiazole rings is 1. The van der Waals surface area contributed by atoms with Crippen molar-refractivity contribution in [2.75, 3.05) is 11.8 Å². The highest BCUT2D eigenvalue weighted by atomic mass is 32.2. The van der Waals surface area contributed by atoms with E-state index in [2.05, 4.69) is 29.6 Å². The van der Waals surface area contributed by atoms with Gasteiger partial charge in [0.1, 0.15) is 22.4 Å². The number of carboxylic acids is 1. The second-order valence-electron chi connectivity index (χ2n) is 9.63. The number of anilines is 1. The molecule has 3 aromatic rings. The van der Waals surface area contributed by atoms with Crippen molar-refractivity contribution in [1.29, 1.82) is 0 Å². The summed E-state index contributed by atoms with van der Waals surface area (Å²) in [5, 5.41) is 10.3. The van der Waals surface area contributed by atoms with E-state index >= 15 is 4.39 Å². The summed E-state index contributed by atoms with van der Waals surface area (Å²) < 4.78 is 62.7. The Labute approximate surface area is 217 Å². The van der Waals surface area contributed by atoms with Gasteiger partial charge in [0, 0.05) is 22.6 Å². The maximum atomic E-state index is 15.4. The highest BCUT2D eigenvalue weighted by Gasteiger charge is 2.26. The molecular formula is C26H26F2N2O5S2. The molecule has 2 aromatic carbocycles. The van der Waals surface area contributed by atoms with Crippen molar-refractivity contribution in [3.05, 3.63) is 64.0 Å². The molecule has 0 aliphatic heterocycles. The Morgan fingerprint density at radius 1 is 1.22 bits per heavy atom. The molecule has 0 spiro atoms. The third-order valence-electron chi connectivity index (χ3n) is 6.46. The van der Waals surface area contributed by atoms with E-state index in [0.717, 1.165) is 48.3 Å². The van der Waals surface area contributed by atoms with Gasteiger partial charge in [0.15, 0.2) is 5.03 Å². The first-order valence-corrected chi connectivity index (χ1v) is 13.8. The van der Waals surface area contributed by atoms with Crippen molar-refractivity contribution in [3.8, 4) is 16.3 Å². The summed E-state index contributed by atoms with van der Waals surface area (Å²) in [6.45, 7) is 6.00. The number of carboxylic acid groups (broad SMARTS) is 1. The molecule has 1 aromatic heterocycles. The molecule has 0 bridgehead atoms. The van der Waals surface area contributed by atoms with Crippen LogP contribution < -0.4 is 9.46 Å². The fourth-order valence-electron chi connectivity index (χ4n) is 4.16. The van der Waals surface area contributed by atoms with Crippen LogP contribution in [-0.4, -0.2) is 31.6 Å². The van der Waals surface area contributed by atoms with Crippen molar-refractivity contribution in [3.63, 3.8) is 0 Å². The minimum Gasteiger partial charge on any atom is -0.495 e. The largest absolute Gasteiger partial charge is 0.495 e. The average molecular weight is 549 g/mol. The third-order valence-corrected chi connectivity index (χ3v) is 8.73. The maximum absolute atomic E-state index is 15.4. The number of methoxy groups -OCH3 is 1. The standard InChI is InChI=1S/C26H26F2N2O5S2/c1-14-16(5-6-17(23(14)28)15-7-9-26(2,3)10-8-15)24-29-22(13-36-24)37(33,34)30-20-12-19(27)18(25(31)32)11-21(20)35-4/h5-7,11-13,30H,8-10H2,1-4H3,(H,31,32). The van der Waals surface area contributed by atoms with Crippen molar-refractivity contribution in [2.24, 2.45) is 5.41 Å². The summed E-state index contributed by atoms with van der Waals surface area (Å²) >= 11 is 1.03. The van der Waals surface area contributed by atoms with Crippen LogP contribution in [-0.2, 0) is 10.0 Å². The summed E-state index contributed by atoms with van der Waals surface area (Å²) in [4.78, 5) is 15.4. The molecule has 0 saturated carbocycles. The Balaban J connectivity index is 1.63. The van der Waals surface area contributed by atoms with Crippen LogP contribution in [0.5, 0.6) is 5.75 Å². The molecule has 0 unspecified atom stereocenters. The number of ether oxygens (including phenoxy) is 1. The predicted octanol–water partition coefficient (Wildman–Crippen LogP) is 6.50. The summed E-state index contributed by atoms with van der Waals surface area (Å²) in [5.41, 5.74) is 1.59. The first-order valence-electron chi connectivity index (χ1n) is 11.4. The Kier molecular flexibility index (Phi) is 7.13. The number of carbonyl (C=O) groups is 1. The van der Waals surface area contributed by atoms with Crippen molar-refractivity contribution >= 4 is 38.6 Å². The van der Waals surface area contributed by atoms with Crippen LogP contribution in [0.15, 0.2) is 40.7 Å². The number of hydrogen-bond acceptors (Lipinski definition) is 6. The minimum absolute atomic E-state index is 0.174. The van der Waals surface area contributed by atoms with Crippen LogP contribution in [0.4, 0.5) is 14.5 Å². The Hall–Kier alpha value is -3.31. The van der Waals surface area contributed by atoms with E-state index in [1.807, 2.05) is 0 Å². The molecule has 1 aliphatic rings. The van der Waals surface area contributed by atoms with Crippen LogP contribution in [0.25, 0.3) is 16.1 Å². The van der Waals surface area contributed by atoms with Gasteiger partial charge >= 0.3 is 5.97 Å². The van der Waals surface area contributed by atoms with Crippen LogP contribution in [0.3, 0.4) is 0 Å². The fraction of sp³-hybridized carbons (Fsp3) is 0.308. The van der Waals surface area contributed by atoms with Gasteiger partial charge in [-0.1, -0.05) is 32.1 Å². The normalized spacial score (nSPS) is 15.2. The Morgan fingerprint density at radius 2 is 1.92 bits per heavy atom. The molecule has 4 rings (SSSR count). The summed E-state index contributed by atoms with van der Waals surface area (Å²) in [5.74, 6) is -3.19. The monoisotopic (exact) mass is 548 g/mol. The number of halogens is 2. The fourth-order valence-corrected chi connectivity index (χ4v) is 6.39. The molecule has 0 amide bonds. The van der Waals surface area contributed by atoms with E-state index in [0.29, 0.717) is 21.7 Å². The summed E-state index contributed by atoms with van der Waals surface area (Å²) in [6, 6.07) is 5.05. The van der Waals surface area contributed by atoms with E-state index in [1.54, 1.807) is 19.1 Å². The molecule has 37 heavy (non-hydrogen) atoms. The number of sulfonamides is 1. The van der Waals surface area contributed by atoms with Gasteiger partial charge < -0.3 is 9.84 Å². The number of aromatic nitrogens is 1. The summed E-state index contributed by atoms with van der Waals surface area (Å²) in [6.07, 6.45) is 4.71. The molecule has 1 aliphatic carbocycles. The molecule has 0 saturated heterocycles. The van der Waals surface area contributed by atoms with Crippen molar-refractivity contribution in [2.45, 2.75) is 45.1 Å². The number of nitrogens with one attached hydrogen (secondary N) is 1. The lowest BCUT2D eigenvalue weighted by molar-refractivity contribution is 0.0691. The molecular weight excluding hydrogens is 522 g/mol. The van der Waals surface area contributed by atoms with Gasteiger partial charge in [-0.05, 0) is 48.8 Å². The molecule has 196 valence electrons. The number of benzene rings is 2. The summed E-state index contributed by atoms with van der Waals surface area (Å²) in [7, 11) is -3.09. The smallest absolute Gasteiger partial charge is 0.338 e. The zero-order valence-corrected chi connectivity index (χ0v) is 22.3. The first-order chi connectivity index (χ1) is 17.3. The van der Waals surface area contributed by atoms with E-state index in [1.165, 1.54) is 12.5 Å². The van der Waals surface area contributed by atoms with E-state index in [-0.39, 0.29) is 27.7 Å². The Bertz CT molecular complexity index is 1530. The molecule has 0 atom stereocenters. The Morgan fingerprint density at radius 3 is 2.54 bits per heavy atom. The SMILES string of the molecule is COc1cc(C(=O)O)c(F)cc1NS(=O)(=O)c1csc(-c2ccc(C3=CCC(C)(C)CC3)c(F)c2C)n1. The van der Waals surface area contributed by atoms with Crippen LogP contribution in [0.1, 0.15) is 54.6 Å². The number of hydrogen-bond donors (Lipinski definition) is 2. The third kappa shape index (κ3) is 5.37. The minimum atomic E-state index is -4.29. The van der Waals surface area contributed by atoms with Crippen LogP contribution in [0, 0.1) is 24.0 Å². The lowest BCUT2D eigenvalue weighted by Gasteiger charge is -2.29. The number of nitrogens with zero attached hydrogens (tertiary/aromatic N) is 1. The average Bonchev–Trinajstić information content (AvgIpc) is 3.32. The van der Waals surface area contributed by atoms with Gasteiger partial charge in [-0.25, -0.2) is 18.6 Å². The molecule has 0 fully saturated rings. The molecule has 11 heteroatoms. The molecule has 1 heterocycles. The first kappa shape index (κ1) is 26.7. The molecule has 7 nitrogen and oxygen atoms in total. The van der Waals surface area contributed by atoms with E-state index < -0.39 is 27.4 Å². The lowest BCUT2D eigenvalue weighted by Crippen LogP contribution is -2.15. The van der Waals surface area contributed by atoms with Gasteiger partial charge in [-0.2, -0.15) is 8.42 Å². The lowest BCUT2D eigenvalue weighted by atomic mass is 9.77. The highest BCUT2D eigenvalue weighted by Crippen LogP contribution is 2.40. The topological polar surface area (TPSA) is 106 Å². The van der Waals surface area contributed by atoms with Gasteiger partial charge in [0.25, 0.3) is 10.0 Å². The van der Waals surface area contributed by atoms with Gasteiger partial charge in [0.05, 0.1) is 18.4 Å². The van der Waals surface area contributed by atoms with Crippen molar-refractivity contribution in [1.82, 2.24) is 4.98 Å². The van der Waals surface area contributed by atoms with E-state index in [4.69, 9.17) is 9.84 Å². The number of rotatable bonds is 7.